The molecule has 0 aliphatic rings. The van der Waals surface area contributed by atoms with Gasteiger partial charge in [-0.3, -0.25) is 4.79 Å². The first-order valence-corrected chi connectivity index (χ1v) is 10.8. The lowest BCUT2D eigenvalue weighted by atomic mass is 10.3. The van der Waals surface area contributed by atoms with Crippen molar-refractivity contribution in [3.8, 4) is 17.2 Å². The van der Waals surface area contributed by atoms with Crippen molar-refractivity contribution in [3.05, 3.63) is 28.8 Å². The van der Waals surface area contributed by atoms with Gasteiger partial charge in [-0.1, -0.05) is 23.1 Å². The zero-order valence-electron chi connectivity index (χ0n) is 17.2. The number of anilines is 1. The fraction of sp³-hybridized carbons (Fsp3) is 0.333. The second-order valence-electron chi connectivity index (χ2n) is 5.94. The molecule has 0 atom stereocenters. The number of nitrogens with zero attached hydrogens (tertiary/aromatic N) is 5. The monoisotopic (exact) mass is 464 g/mol. The minimum Gasteiger partial charge on any atom is -0.497 e. The van der Waals surface area contributed by atoms with Crippen LogP contribution in [0.2, 0.25) is 0 Å². The number of carbonyl (C=O) groups excluding carboxylic acids is 2. The molecule has 2 aromatic heterocycles. The molecule has 1 aromatic carbocycles. The third-order valence-electron chi connectivity index (χ3n) is 3.86. The van der Waals surface area contributed by atoms with Crippen LogP contribution in [0.5, 0.6) is 11.5 Å². The molecule has 0 radical (unpaired) electrons. The number of aryl methyl sites for hydroxylation is 1. The molecule has 0 unspecified atom stereocenters. The average Bonchev–Trinajstić information content (AvgIpc) is 3.38. The first-order valence-electron chi connectivity index (χ1n) is 9.04. The molecule has 13 heteroatoms. The normalized spacial score (nSPS) is 10.6. The van der Waals surface area contributed by atoms with Crippen molar-refractivity contribution in [2.45, 2.75) is 19.0 Å². The Morgan fingerprint density at radius 1 is 1.19 bits per heavy atom. The van der Waals surface area contributed by atoms with Crippen molar-refractivity contribution in [1.82, 2.24) is 25.2 Å². The molecule has 0 fully saturated rings. The van der Waals surface area contributed by atoms with Crippen molar-refractivity contribution < 1.29 is 23.8 Å². The molecule has 11 nitrogen and oxygen atoms in total. The van der Waals surface area contributed by atoms with Gasteiger partial charge in [0.25, 0.3) is 0 Å². The van der Waals surface area contributed by atoms with Gasteiger partial charge in [0.15, 0.2) is 5.13 Å². The van der Waals surface area contributed by atoms with Gasteiger partial charge in [0.05, 0.1) is 38.0 Å². The molecule has 0 spiro atoms. The van der Waals surface area contributed by atoms with Gasteiger partial charge in [-0.05, 0) is 24.3 Å². The summed E-state index contributed by atoms with van der Waals surface area (Å²) in [6, 6.07) is 5.23. The highest BCUT2D eigenvalue weighted by molar-refractivity contribution is 7.99. The minimum atomic E-state index is -0.458. The predicted molar refractivity (Wildman–Crippen MR) is 114 cm³/mol. The largest absolute Gasteiger partial charge is 0.497 e. The van der Waals surface area contributed by atoms with Crippen LogP contribution in [0.1, 0.15) is 22.3 Å². The summed E-state index contributed by atoms with van der Waals surface area (Å²) in [5.74, 6) is 0.423. The highest BCUT2D eigenvalue weighted by Crippen LogP contribution is 2.27. The number of hydrogen-bond donors (Lipinski definition) is 1. The van der Waals surface area contributed by atoms with E-state index in [0.29, 0.717) is 38.0 Å². The third kappa shape index (κ3) is 5.49. The molecule has 2 heterocycles. The second-order valence-corrected chi connectivity index (χ2v) is 7.88. The van der Waals surface area contributed by atoms with Gasteiger partial charge in [-0.15, -0.1) is 5.10 Å². The molecule has 164 valence electrons. The van der Waals surface area contributed by atoms with Gasteiger partial charge in [-0.25, -0.2) is 9.78 Å². The smallest absolute Gasteiger partial charge is 0.350 e. The number of ether oxygens (including phenoxy) is 3. The number of nitrogens with one attached hydrogen (secondary N) is 1. The van der Waals surface area contributed by atoms with Gasteiger partial charge in [0.1, 0.15) is 16.4 Å². The lowest BCUT2D eigenvalue weighted by molar-refractivity contribution is -0.113. The van der Waals surface area contributed by atoms with Gasteiger partial charge in [0, 0.05) is 18.2 Å². The molecule has 0 saturated carbocycles. The maximum atomic E-state index is 12.4. The Kier molecular flexibility index (Phi) is 7.41. The Hall–Kier alpha value is -3.19. The van der Waals surface area contributed by atoms with Crippen LogP contribution in [-0.4, -0.2) is 63.6 Å². The fourth-order valence-corrected chi connectivity index (χ4v) is 4.03. The van der Waals surface area contributed by atoms with Gasteiger partial charge < -0.3 is 19.5 Å². The number of hydrogen-bond acceptors (Lipinski definition) is 11. The highest BCUT2D eigenvalue weighted by atomic mass is 32.2. The predicted octanol–water partition coefficient (Wildman–Crippen LogP) is 2.35. The van der Waals surface area contributed by atoms with Gasteiger partial charge in [0.2, 0.25) is 11.1 Å². The molecule has 1 N–H and O–H groups in total. The van der Waals surface area contributed by atoms with Crippen LogP contribution in [0.25, 0.3) is 5.69 Å². The minimum absolute atomic E-state index is 0.0366. The van der Waals surface area contributed by atoms with E-state index in [1.54, 1.807) is 46.3 Å². The molecule has 0 aliphatic carbocycles. The van der Waals surface area contributed by atoms with E-state index in [9.17, 15) is 9.59 Å². The lowest BCUT2D eigenvalue weighted by Crippen LogP contribution is -2.14. The molecular formula is C18H20N6O5S2. The fourth-order valence-electron chi connectivity index (χ4n) is 2.47. The summed E-state index contributed by atoms with van der Waals surface area (Å²) in [4.78, 5) is 28.8. The second kappa shape index (κ2) is 10.2. The summed E-state index contributed by atoms with van der Waals surface area (Å²) < 4.78 is 17.0. The number of rotatable bonds is 9. The van der Waals surface area contributed by atoms with Crippen molar-refractivity contribution in [2.24, 2.45) is 0 Å². The highest BCUT2D eigenvalue weighted by Gasteiger charge is 2.18. The zero-order chi connectivity index (χ0) is 22.4. The van der Waals surface area contributed by atoms with Crippen LogP contribution in [0.15, 0.2) is 23.4 Å². The Morgan fingerprint density at radius 2 is 1.90 bits per heavy atom. The standard InChI is InChI=1S/C18H20N6O5S2/c1-5-29-16(26)15-10(2)19-17(31-15)20-14(25)9-30-18-21-22-23-24(18)11-6-12(27-3)8-13(7-11)28-4/h6-8H,5,9H2,1-4H3,(H,19,20,25). The number of thioether (sulfide) groups is 1. The molecule has 0 aliphatic heterocycles. The number of benzene rings is 1. The number of esters is 1. The summed E-state index contributed by atoms with van der Waals surface area (Å²) in [7, 11) is 3.09. The van der Waals surface area contributed by atoms with Crippen molar-refractivity contribution in [2.75, 3.05) is 31.9 Å². The molecule has 31 heavy (non-hydrogen) atoms. The Balaban J connectivity index is 1.67. The van der Waals surface area contributed by atoms with E-state index in [1.807, 2.05) is 0 Å². The average molecular weight is 465 g/mol. The SMILES string of the molecule is CCOC(=O)c1sc(NC(=O)CSc2nnnn2-c2cc(OC)cc(OC)c2)nc1C. The molecule has 1 amide bonds. The lowest BCUT2D eigenvalue weighted by Gasteiger charge is -2.09. The summed E-state index contributed by atoms with van der Waals surface area (Å²) >= 11 is 2.21. The summed E-state index contributed by atoms with van der Waals surface area (Å²) in [6.45, 7) is 3.68. The number of aromatic nitrogens is 5. The Morgan fingerprint density at radius 3 is 2.55 bits per heavy atom. The van der Waals surface area contributed by atoms with E-state index in [-0.39, 0.29) is 18.3 Å². The van der Waals surface area contributed by atoms with Crippen LogP contribution in [0.3, 0.4) is 0 Å². The van der Waals surface area contributed by atoms with E-state index in [2.05, 4.69) is 25.8 Å². The maximum absolute atomic E-state index is 12.4. The molecule has 3 aromatic rings. The molecule has 0 saturated heterocycles. The van der Waals surface area contributed by atoms with Crippen molar-refractivity contribution in [1.29, 1.82) is 0 Å². The van der Waals surface area contributed by atoms with Crippen LogP contribution in [0, 0.1) is 6.92 Å². The molecule has 0 bridgehead atoms. The van der Waals surface area contributed by atoms with Gasteiger partial charge in [-0.2, -0.15) is 4.68 Å². The van der Waals surface area contributed by atoms with Crippen LogP contribution in [-0.2, 0) is 9.53 Å². The number of carbonyl (C=O) groups is 2. The number of methoxy groups -OCH3 is 2. The third-order valence-corrected chi connectivity index (χ3v) is 5.83. The van der Waals surface area contributed by atoms with Crippen molar-refractivity contribution >= 4 is 40.1 Å². The topological polar surface area (TPSA) is 130 Å². The van der Waals surface area contributed by atoms with E-state index in [1.165, 1.54) is 4.68 Å². The van der Waals surface area contributed by atoms with E-state index >= 15 is 0 Å². The summed E-state index contributed by atoms with van der Waals surface area (Å²) in [5, 5.41) is 15.1. The first kappa shape index (κ1) is 22.5. The van der Waals surface area contributed by atoms with Crippen LogP contribution in [0.4, 0.5) is 5.13 Å². The van der Waals surface area contributed by atoms with E-state index in [0.717, 1.165) is 23.1 Å². The van der Waals surface area contributed by atoms with Gasteiger partial charge >= 0.3 is 5.97 Å². The zero-order valence-corrected chi connectivity index (χ0v) is 18.9. The van der Waals surface area contributed by atoms with E-state index < -0.39 is 5.97 Å². The molecule has 3 rings (SSSR count). The Labute approximate surface area is 186 Å². The summed E-state index contributed by atoms with van der Waals surface area (Å²) in [6.07, 6.45) is 0. The molecular weight excluding hydrogens is 444 g/mol. The summed E-state index contributed by atoms with van der Waals surface area (Å²) in [5.41, 5.74) is 1.13. The number of thiazole rings is 1. The number of amides is 1. The van der Waals surface area contributed by atoms with Crippen LogP contribution >= 0.6 is 23.1 Å². The van der Waals surface area contributed by atoms with E-state index in [4.69, 9.17) is 14.2 Å². The Bertz CT molecular complexity index is 1060. The number of tetrazole rings is 1. The van der Waals surface area contributed by atoms with Crippen LogP contribution < -0.4 is 14.8 Å². The van der Waals surface area contributed by atoms with Crippen molar-refractivity contribution in [3.63, 3.8) is 0 Å². The quantitative estimate of drug-likeness (QED) is 0.372. The maximum Gasteiger partial charge on any atom is 0.350 e. The first-order chi connectivity index (χ1) is 14.9.